The molecule has 1 atom stereocenters. The van der Waals surface area contributed by atoms with E-state index in [1.807, 2.05) is 40.1 Å². The van der Waals surface area contributed by atoms with Gasteiger partial charge in [-0.15, -0.1) is 11.3 Å². The molecule has 0 aliphatic heterocycles. The molecule has 1 amide bonds. The molecule has 0 bridgehead atoms. The molecule has 1 unspecified atom stereocenters. The number of amides is 1. The Kier molecular flexibility index (Phi) is 9.17. The molecule has 2 aromatic carbocycles. The lowest BCUT2D eigenvalue weighted by atomic mass is 9.94. The lowest BCUT2D eigenvalue weighted by Crippen LogP contribution is -2.47. The summed E-state index contributed by atoms with van der Waals surface area (Å²) in [6.07, 6.45) is 4.02. The third kappa shape index (κ3) is 7.44. The first-order chi connectivity index (χ1) is 17.5. The molecule has 3 aromatic rings. The summed E-state index contributed by atoms with van der Waals surface area (Å²) in [6, 6.07) is 19.0. The average Bonchev–Trinajstić information content (AvgIpc) is 3.35. The topological polar surface area (TPSA) is 65.4 Å². The molecule has 0 aliphatic rings. The quantitative estimate of drug-likeness (QED) is 0.212. The van der Waals surface area contributed by atoms with Gasteiger partial charge in [-0.3, -0.25) is 4.79 Å². The van der Waals surface area contributed by atoms with Crippen LogP contribution in [0.5, 0.6) is 0 Å². The van der Waals surface area contributed by atoms with Gasteiger partial charge in [-0.05, 0) is 92.8 Å². The molecule has 196 valence electrons. The maximum Gasteiger partial charge on any atom is 0.262 e. The monoisotopic (exact) mass is 517 g/mol. The van der Waals surface area contributed by atoms with Gasteiger partial charge in [0.25, 0.3) is 5.91 Å². The van der Waals surface area contributed by atoms with E-state index < -0.39 is 5.54 Å². The first kappa shape index (κ1) is 28.4. The molecule has 0 fully saturated rings. The minimum Gasteiger partial charge on any atom is -0.378 e. The van der Waals surface area contributed by atoms with Crippen molar-refractivity contribution in [1.29, 1.82) is 5.26 Å². The van der Waals surface area contributed by atoms with Gasteiger partial charge < -0.3 is 15.0 Å². The number of nitriles is 1. The molecule has 1 aromatic heterocycles. The van der Waals surface area contributed by atoms with Gasteiger partial charge in [-0.25, -0.2) is 0 Å². The van der Waals surface area contributed by atoms with Crippen molar-refractivity contribution in [1.82, 2.24) is 5.32 Å². The number of rotatable bonds is 11. The van der Waals surface area contributed by atoms with Crippen LogP contribution in [0, 0.1) is 11.3 Å². The van der Waals surface area contributed by atoms with E-state index in [1.54, 1.807) is 17.4 Å². The van der Waals surface area contributed by atoms with Crippen LogP contribution in [0.2, 0.25) is 0 Å². The summed E-state index contributed by atoms with van der Waals surface area (Å²) in [6.45, 7) is 10.8. The summed E-state index contributed by atoms with van der Waals surface area (Å²) in [5, 5.41) is 15.2. The average molecular weight is 518 g/mol. The lowest BCUT2D eigenvalue weighted by molar-refractivity contribution is -0.119. The number of benzene rings is 2. The highest BCUT2D eigenvalue weighted by Crippen LogP contribution is 2.32. The zero-order valence-corrected chi connectivity index (χ0v) is 24.0. The van der Waals surface area contributed by atoms with Crippen LogP contribution < -0.4 is 10.2 Å². The van der Waals surface area contributed by atoms with E-state index in [4.69, 9.17) is 4.74 Å². The minimum absolute atomic E-state index is 0.109. The normalized spacial score (nSPS) is 13.7. The molecule has 37 heavy (non-hydrogen) atoms. The number of hydrogen-bond donors (Lipinski definition) is 1. The van der Waals surface area contributed by atoms with E-state index >= 15 is 0 Å². The molecule has 0 saturated carbocycles. The Bertz CT molecular complexity index is 1320. The van der Waals surface area contributed by atoms with Gasteiger partial charge in [0.15, 0.2) is 0 Å². The number of nitrogens with one attached hydrogen (secondary N) is 1. The molecule has 0 spiro atoms. The summed E-state index contributed by atoms with van der Waals surface area (Å²) in [4.78, 5) is 17.1. The Balaban J connectivity index is 1.74. The molecule has 0 radical (unpaired) electrons. The predicted octanol–water partition coefficient (Wildman–Crippen LogP) is 7.42. The van der Waals surface area contributed by atoms with Crippen LogP contribution in [0.25, 0.3) is 27.3 Å². The van der Waals surface area contributed by atoms with Gasteiger partial charge in [-0.2, -0.15) is 5.26 Å². The summed E-state index contributed by atoms with van der Waals surface area (Å²) in [5.41, 5.74) is 1.76. The maximum atomic E-state index is 13.0. The number of ether oxygens (including phenoxy) is 1. The Morgan fingerprint density at radius 1 is 1.05 bits per heavy atom. The van der Waals surface area contributed by atoms with Crippen molar-refractivity contribution < 1.29 is 9.53 Å². The van der Waals surface area contributed by atoms with E-state index in [-0.39, 0.29) is 17.1 Å². The van der Waals surface area contributed by atoms with E-state index in [0.717, 1.165) is 28.2 Å². The van der Waals surface area contributed by atoms with Gasteiger partial charge in [-0.1, -0.05) is 32.0 Å². The number of nitrogens with zero attached hydrogens (tertiary/aromatic N) is 2. The zero-order valence-electron chi connectivity index (χ0n) is 23.1. The SMILES string of the molecule is CCC(C)(CCOC(C)(C)CC)NC(=O)C(C#N)=Cc1ccc(-c2ccc3cc(N(C)C)ccc3c2)s1. The second kappa shape index (κ2) is 11.9. The lowest BCUT2D eigenvalue weighted by Gasteiger charge is -2.32. The Hall–Kier alpha value is -3.14. The standard InChI is InChI=1S/C31H39N3O2S/c1-8-30(3,4)36-17-16-31(5,9-2)33-29(35)25(21-32)20-27-14-15-28(37-27)24-11-10-23-19-26(34(6)7)13-12-22(23)18-24/h10-15,18-20H,8-9,16-17H2,1-7H3,(H,33,35). The van der Waals surface area contributed by atoms with Crippen molar-refractivity contribution in [3.63, 3.8) is 0 Å². The van der Waals surface area contributed by atoms with E-state index in [2.05, 4.69) is 73.5 Å². The van der Waals surface area contributed by atoms with Crippen LogP contribution >= 0.6 is 11.3 Å². The molecule has 1 heterocycles. The minimum atomic E-state index is -0.449. The van der Waals surface area contributed by atoms with Gasteiger partial charge in [0.2, 0.25) is 0 Å². The number of carbonyl (C=O) groups is 1. The Morgan fingerprint density at radius 3 is 2.41 bits per heavy atom. The fourth-order valence-corrected chi connectivity index (χ4v) is 4.81. The van der Waals surface area contributed by atoms with Crippen LogP contribution in [0.15, 0.2) is 54.1 Å². The van der Waals surface area contributed by atoms with Crippen molar-refractivity contribution in [2.45, 2.75) is 65.0 Å². The van der Waals surface area contributed by atoms with Crippen molar-refractivity contribution in [2.24, 2.45) is 0 Å². The maximum absolute atomic E-state index is 13.0. The third-order valence-electron chi connectivity index (χ3n) is 7.10. The van der Waals surface area contributed by atoms with Crippen molar-refractivity contribution in [2.75, 3.05) is 25.6 Å². The van der Waals surface area contributed by atoms with Crippen LogP contribution in [0.1, 0.15) is 58.8 Å². The molecule has 0 saturated heterocycles. The fraction of sp³-hybridized carbons (Fsp3) is 0.419. The van der Waals surface area contributed by atoms with Crippen LogP contribution in [-0.2, 0) is 9.53 Å². The number of anilines is 1. The highest BCUT2D eigenvalue weighted by molar-refractivity contribution is 7.16. The molecule has 0 aliphatic carbocycles. The molecular formula is C31H39N3O2S. The molecule has 3 rings (SSSR count). The molecule has 1 N–H and O–H groups in total. The number of fused-ring (bicyclic) bond motifs is 1. The first-order valence-electron chi connectivity index (χ1n) is 12.9. The van der Waals surface area contributed by atoms with E-state index in [1.165, 1.54) is 16.5 Å². The molecule has 6 heteroatoms. The van der Waals surface area contributed by atoms with Crippen molar-refractivity contribution in [3.8, 4) is 16.5 Å². The number of thiophene rings is 1. The summed E-state index contributed by atoms with van der Waals surface area (Å²) >= 11 is 1.57. The van der Waals surface area contributed by atoms with Gasteiger partial charge >= 0.3 is 0 Å². The smallest absolute Gasteiger partial charge is 0.262 e. The second-order valence-corrected chi connectivity index (χ2v) is 11.7. The van der Waals surface area contributed by atoms with Gasteiger partial charge in [0.05, 0.1) is 5.60 Å². The number of hydrogen-bond acceptors (Lipinski definition) is 5. The summed E-state index contributed by atoms with van der Waals surface area (Å²) in [5.74, 6) is -0.348. The van der Waals surface area contributed by atoms with Crippen LogP contribution in [0.3, 0.4) is 0 Å². The van der Waals surface area contributed by atoms with E-state index in [0.29, 0.717) is 13.0 Å². The molecule has 5 nitrogen and oxygen atoms in total. The second-order valence-electron chi connectivity index (χ2n) is 10.6. The first-order valence-corrected chi connectivity index (χ1v) is 13.7. The molecular weight excluding hydrogens is 478 g/mol. The summed E-state index contributed by atoms with van der Waals surface area (Å²) in [7, 11) is 4.08. The Morgan fingerprint density at radius 2 is 1.76 bits per heavy atom. The van der Waals surface area contributed by atoms with Crippen LogP contribution in [0.4, 0.5) is 5.69 Å². The number of carbonyl (C=O) groups excluding carboxylic acids is 1. The fourth-order valence-electron chi connectivity index (χ4n) is 3.86. The van der Waals surface area contributed by atoms with E-state index in [9.17, 15) is 10.1 Å². The van der Waals surface area contributed by atoms with Gasteiger partial charge in [0, 0.05) is 41.7 Å². The zero-order chi connectivity index (χ0) is 27.2. The Labute approximate surface area is 225 Å². The van der Waals surface area contributed by atoms with Crippen molar-refractivity contribution >= 4 is 39.8 Å². The van der Waals surface area contributed by atoms with Gasteiger partial charge in [0.1, 0.15) is 11.6 Å². The third-order valence-corrected chi connectivity index (χ3v) is 8.18. The highest BCUT2D eigenvalue weighted by Gasteiger charge is 2.27. The summed E-state index contributed by atoms with van der Waals surface area (Å²) < 4.78 is 6.00. The highest BCUT2D eigenvalue weighted by atomic mass is 32.1. The predicted molar refractivity (Wildman–Crippen MR) is 157 cm³/mol. The van der Waals surface area contributed by atoms with Crippen molar-refractivity contribution in [3.05, 3.63) is 59.0 Å². The van der Waals surface area contributed by atoms with Crippen LogP contribution in [-0.4, -0.2) is 37.7 Å². The largest absolute Gasteiger partial charge is 0.378 e.